The van der Waals surface area contributed by atoms with Gasteiger partial charge < -0.3 is 15.5 Å². The summed E-state index contributed by atoms with van der Waals surface area (Å²) in [6, 6.07) is 8.50. The maximum Gasteiger partial charge on any atom is 0.221 e. The Hall–Kier alpha value is -1.39. The molecule has 0 spiro atoms. The van der Waals surface area contributed by atoms with Crippen LogP contribution in [0.25, 0.3) is 0 Å². The summed E-state index contributed by atoms with van der Waals surface area (Å²) < 4.78 is 0. The van der Waals surface area contributed by atoms with Gasteiger partial charge in [0.25, 0.3) is 0 Å². The molecule has 0 unspecified atom stereocenters. The van der Waals surface area contributed by atoms with Crippen LogP contribution in [-0.2, 0) is 11.3 Å². The molecule has 0 saturated heterocycles. The molecule has 1 rings (SSSR count). The third-order valence-corrected chi connectivity index (χ3v) is 3.39. The monoisotopic (exact) mass is 277 g/mol. The van der Waals surface area contributed by atoms with E-state index in [1.165, 1.54) is 6.92 Å². The number of carbonyl (C=O) groups is 1. The second kappa shape index (κ2) is 8.72. The number of para-hydroxylation sites is 1. The van der Waals surface area contributed by atoms with Crippen LogP contribution < -0.4 is 10.6 Å². The van der Waals surface area contributed by atoms with Crippen LogP contribution >= 0.6 is 0 Å². The molecule has 0 radical (unpaired) electrons. The summed E-state index contributed by atoms with van der Waals surface area (Å²) >= 11 is 0. The number of hydrogen-bond donors (Lipinski definition) is 2. The van der Waals surface area contributed by atoms with E-state index >= 15 is 0 Å². The maximum atomic E-state index is 11.1. The Labute approximate surface area is 122 Å². The number of anilines is 1. The Kier molecular flexibility index (Phi) is 7.26. The number of benzene rings is 1. The van der Waals surface area contributed by atoms with Crippen molar-refractivity contribution in [3.05, 3.63) is 29.8 Å². The Bertz CT molecular complexity index is 418. The van der Waals surface area contributed by atoms with Crippen LogP contribution in [0.1, 0.15) is 32.8 Å². The number of rotatable bonds is 8. The van der Waals surface area contributed by atoms with Crippen LogP contribution in [0, 0.1) is 0 Å². The molecule has 0 atom stereocenters. The van der Waals surface area contributed by atoms with E-state index in [4.69, 9.17) is 0 Å². The second-order valence-electron chi connectivity index (χ2n) is 5.44. The molecule has 1 amide bonds. The van der Waals surface area contributed by atoms with Crippen LogP contribution in [0.2, 0.25) is 0 Å². The highest BCUT2D eigenvalue weighted by molar-refractivity contribution is 5.89. The fraction of sp³-hybridized carbons (Fsp3) is 0.562. The molecule has 0 saturated carbocycles. The number of amides is 1. The smallest absolute Gasteiger partial charge is 0.221 e. The summed E-state index contributed by atoms with van der Waals surface area (Å²) in [6.07, 6.45) is 1.12. The SMILES string of the molecule is CC(=O)Nc1ccccc1CNCCCN(C)C(C)C. The fourth-order valence-corrected chi connectivity index (χ4v) is 1.92. The lowest BCUT2D eigenvalue weighted by atomic mass is 10.1. The summed E-state index contributed by atoms with van der Waals surface area (Å²) in [4.78, 5) is 13.5. The van der Waals surface area contributed by atoms with E-state index < -0.39 is 0 Å². The normalized spacial score (nSPS) is 11.1. The van der Waals surface area contributed by atoms with Gasteiger partial charge in [-0.3, -0.25) is 4.79 Å². The topological polar surface area (TPSA) is 44.4 Å². The molecule has 0 aromatic heterocycles. The molecule has 0 aliphatic rings. The van der Waals surface area contributed by atoms with E-state index in [0.29, 0.717) is 6.04 Å². The highest BCUT2D eigenvalue weighted by atomic mass is 16.1. The van der Waals surface area contributed by atoms with Crippen molar-refractivity contribution in [1.82, 2.24) is 10.2 Å². The molecule has 0 bridgehead atoms. The molecule has 20 heavy (non-hydrogen) atoms. The minimum atomic E-state index is -0.0315. The highest BCUT2D eigenvalue weighted by Gasteiger charge is 2.04. The Morgan fingerprint density at radius 1 is 1.30 bits per heavy atom. The molecular formula is C16H27N3O. The van der Waals surface area contributed by atoms with E-state index in [1.807, 2.05) is 24.3 Å². The molecule has 4 nitrogen and oxygen atoms in total. The van der Waals surface area contributed by atoms with Crippen LogP contribution in [-0.4, -0.2) is 37.0 Å². The van der Waals surface area contributed by atoms with Gasteiger partial charge in [0.15, 0.2) is 0 Å². The van der Waals surface area contributed by atoms with Gasteiger partial charge in [-0.2, -0.15) is 0 Å². The van der Waals surface area contributed by atoms with Gasteiger partial charge in [0.1, 0.15) is 0 Å². The van der Waals surface area contributed by atoms with Crippen molar-refractivity contribution in [3.8, 4) is 0 Å². The molecule has 0 aliphatic carbocycles. The molecule has 1 aromatic carbocycles. The molecule has 1 aromatic rings. The predicted octanol–water partition coefficient (Wildman–Crippen LogP) is 2.46. The molecule has 4 heteroatoms. The number of nitrogens with zero attached hydrogens (tertiary/aromatic N) is 1. The van der Waals surface area contributed by atoms with E-state index in [-0.39, 0.29) is 5.91 Å². The number of carbonyl (C=O) groups excluding carboxylic acids is 1. The lowest BCUT2D eigenvalue weighted by Crippen LogP contribution is -2.29. The Morgan fingerprint density at radius 3 is 2.65 bits per heavy atom. The van der Waals surface area contributed by atoms with Gasteiger partial charge >= 0.3 is 0 Å². The largest absolute Gasteiger partial charge is 0.326 e. The minimum absolute atomic E-state index is 0.0315. The van der Waals surface area contributed by atoms with E-state index in [0.717, 1.165) is 37.3 Å². The zero-order valence-electron chi connectivity index (χ0n) is 13.1. The first-order chi connectivity index (χ1) is 9.50. The molecule has 0 heterocycles. The highest BCUT2D eigenvalue weighted by Crippen LogP contribution is 2.14. The first-order valence-electron chi connectivity index (χ1n) is 7.27. The van der Waals surface area contributed by atoms with Gasteiger partial charge in [0.05, 0.1) is 0 Å². The predicted molar refractivity (Wildman–Crippen MR) is 84.8 cm³/mol. The Balaban J connectivity index is 2.33. The molecule has 0 aliphatic heterocycles. The maximum absolute atomic E-state index is 11.1. The van der Waals surface area contributed by atoms with Gasteiger partial charge in [0.2, 0.25) is 5.91 Å². The van der Waals surface area contributed by atoms with Gasteiger partial charge in [0, 0.05) is 25.2 Å². The number of hydrogen-bond acceptors (Lipinski definition) is 3. The molecule has 2 N–H and O–H groups in total. The third kappa shape index (κ3) is 6.17. The minimum Gasteiger partial charge on any atom is -0.326 e. The average Bonchev–Trinajstić information content (AvgIpc) is 2.39. The first kappa shape index (κ1) is 16.7. The van der Waals surface area contributed by atoms with Gasteiger partial charge in [-0.15, -0.1) is 0 Å². The average molecular weight is 277 g/mol. The quantitative estimate of drug-likeness (QED) is 0.717. The van der Waals surface area contributed by atoms with Gasteiger partial charge in [-0.05, 0) is 52.0 Å². The summed E-state index contributed by atoms with van der Waals surface area (Å²) in [5, 5.41) is 6.29. The van der Waals surface area contributed by atoms with Crippen LogP contribution in [0.4, 0.5) is 5.69 Å². The second-order valence-corrected chi connectivity index (χ2v) is 5.44. The van der Waals surface area contributed by atoms with E-state index in [2.05, 4.69) is 36.4 Å². The summed E-state index contributed by atoms with van der Waals surface area (Å²) in [5.74, 6) is -0.0315. The van der Waals surface area contributed by atoms with Gasteiger partial charge in [-0.25, -0.2) is 0 Å². The van der Waals surface area contributed by atoms with Gasteiger partial charge in [-0.1, -0.05) is 18.2 Å². The Morgan fingerprint density at radius 2 is 2.00 bits per heavy atom. The van der Waals surface area contributed by atoms with Crippen LogP contribution in [0.3, 0.4) is 0 Å². The van der Waals surface area contributed by atoms with Crippen molar-refractivity contribution in [1.29, 1.82) is 0 Å². The molecule has 112 valence electrons. The summed E-state index contributed by atoms with van der Waals surface area (Å²) in [6.45, 7) is 8.80. The number of nitrogens with one attached hydrogen (secondary N) is 2. The van der Waals surface area contributed by atoms with Crippen LogP contribution in [0.15, 0.2) is 24.3 Å². The van der Waals surface area contributed by atoms with Crippen LogP contribution in [0.5, 0.6) is 0 Å². The molecule has 0 fully saturated rings. The summed E-state index contributed by atoms with van der Waals surface area (Å²) in [5.41, 5.74) is 2.02. The first-order valence-corrected chi connectivity index (χ1v) is 7.27. The van der Waals surface area contributed by atoms with Crippen molar-refractivity contribution >= 4 is 11.6 Å². The summed E-state index contributed by atoms with van der Waals surface area (Å²) in [7, 11) is 2.15. The fourth-order valence-electron chi connectivity index (χ4n) is 1.92. The van der Waals surface area contributed by atoms with Crippen molar-refractivity contribution in [2.75, 3.05) is 25.5 Å². The lowest BCUT2D eigenvalue weighted by Gasteiger charge is -2.20. The van der Waals surface area contributed by atoms with Crippen molar-refractivity contribution in [2.45, 2.75) is 39.8 Å². The van der Waals surface area contributed by atoms with Crippen molar-refractivity contribution < 1.29 is 4.79 Å². The van der Waals surface area contributed by atoms with E-state index in [1.54, 1.807) is 0 Å². The molecular weight excluding hydrogens is 250 g/mol. The zero-order valence-corrected chi connectivity index (χ0v) is 13.1. The lowest BCUT2D eigenvalue weighted by molar-refractivity contribution is -0.114. The zero-order chi connectivity index (χ0) is 15.0. The standard InChI is InChI=1S/C16H27N3O/c1-13(2)19(4)11-7-10-17-12-15-8-5-6-9-16(15)18-14(3)20/h5-6,8-9,13,17H,7,10-12H2,1-4H3,(H,18,20). The van der Waals surface area contributed by atoms with E-state index in [9.17, 15) is 4.79 Å². The van der Waals surface area contributed by atoms with Crippen molar-refractivity contribution in [3.63, 3.8) is 0 Å². The third-order valence-electron chi connectivity index (χ3n) is 3.39. The van der Waals surface area contributed by atoms with Crippen molar-refractivity contribution in [2.24, 2.45) is 0 Å².